The highest BCUT2D eigenvalue weighted by Gasteiger charge is 2.36. The van der Waals surface area contributed by atoms with E-state index < -0.39 is 5.91 Å². The fraction of sp³-hybridized carbons (Fsp3) is 0.684. The Morgan fingerprint density at radius 1 is 1.29 bits per heavy atom. The summed E-state index contributed by atoms with van der Waals surface area (Å²) in [6, 6.07) is -0.194. The van der Waals surface area contributed by atoms with Gasteiger partial charge in [0.15, 0.2) is 5.69 Å². The molecule has 1 aromatic heterocycles. The average molecular weight is 393 g/mol. The minimum Gasteiger partial charge on any atom is -0.376 e. The molecule has 0 radical (unpaired) electrons. The first-order chi connectivity index (χ1) is 13.4. The van der Waals surface area contributed by atoms with Crippen molar-refractivity contribution >= 4 is 17.7 Å². The van der Waals surface area contributed by atoms with E-state index >= 15 is 0 Å². The number of ether oxygens (including phenoxy) is 1. The van der Waals surface area contributed by atoms with Crippen molar-refractivity contribution in [3.8, 4) is 0 Å². The molecule has 3 amide bonds. The number of carbonyl (C=O) groups is 3. The maximum Gasteiger partial charge on any atom is 0.272 e. The number of H-pyrrole nitrogens is 1. The molecule has 1 aliphatic rings. The molecule has 1 aromatic rings. The summed E-state index contributed by atoms with van der Waals surface area (Å²) in [6.45, 7) is 6.26. The molecule has 3 atom stereocenters. The smallest absolute Gasteiger partial charge is 0.272 e. The number of aromatic amines is 1. The molecule has 9 nitrogen and oxygen atoms in total. The van der Waals surface area contributed by atoms with Crippen molar-refractivity contribution in [3.05, 3.63) is 17.0 Å². The summed E-state index contributed by atoms with van der Waals surface area (Å²) in [7, 11) is 0. The Balaban J connectivity index is 2.02. The van der Waals surface area contributed by atoms with Gasteiger partial charge in [-0.1, -0.05) is 13.8 Å². The minimum absolute atomic E-state index is 0.172. The van der Waals surface area contributed by atoms with Crippen LogP contribution in [0.2, 0.25) is 0 Å². The maximum atomic E-state index is 12.7. The minimum atomic E-state index is -0.575. The lowest BCUT2D eigenvalue weighted by Crippen LogP contribution is -2.50. The van der Waals surface area contributed by atoms with Gasteiger partial charge in [-0.25, -0.2) is 0 Å². The van der Waals surface area contributed by atoms with E-state index in [1.54, 1.807) is 0 Å². The third-order valence-electron chi connectivity index (χ3n) is 5.13. The predicted octanol–water partition coefficient (Wildman–Crippen LogP) is 0.576. The Labute approximate surface area is 165 Å². The number of nitrogens with one attached hydrogen (secondary N) is 3. The molecule has 1 fully saturated rings. The molecule has 1 aliphatic carbocycles. The highest BCUT2D eigenvalue weighted by atomic mass is 16.5. The number of hydrogen-bond acceptors (Lipinski definition) is 5. The second kappa shape index (κ2) is 10.2. The number of carbonyl (C=O) groups excluding carboxylic acids is 3. The third-order valence-corrected chi connectivity index (χ3v) is 5.13. The van der Waals surface area contributed by atoms with Crippen molar-refractivity contribution in [3.63, 3.8) is 0 Å². The van der Waals surface area contributed by atoms with Crippen LogP contribution in [0.3, 0.4) is 0 Å². The number of primary amides is 1. The molecular formula is C19H31N5O4. The molecule has 156 valence electrons. The predicted molar refractivity (Wildman–Crippen MR) is 104 cm³/mol. The monoisotopic (exact) mass is 393 g/mol. The van der Waals surface area contributed by atoms with Crippen LogP contribution in [0.1, 0.15) is 61.3 Å². The number of rotatable bonds is 9. The van der Waals surface area contributed by atoms with Gasteiger partial charge in [0, 0.05) is 23.8 Å². The van der Waals surface area contributed by atoms with Gasteiger partial charge in [-0.05, 0) is 39.0 Å². The van der Waals surface area contributed by atoms with Gasteiger partial charge in [-0.15, -0.1) is 0 Å². The Bertz CT molecular complexity index is 702. The van der Waals surface area contributed by atoms with Gasteiger partial charge in [0.1, 0.15) is 0 Å². The van der Waals surface area contributed by atoms with Crippen molar-refractivity contribution in [2.45, 2.75) is 65.0 Å². The van der Waals surface area contributed by atoms with E-state index in [4.69, 9.17) is 10.5 Å². The van der Waals surface area contributed by atoms with Crippen LogP contribution in [0.15, 0.2) is 0 Å². The van der Waals surface area contributed by atoms with Crippen molar-refractivity contribution in [2.75, 3.05) is 13.2 Å². The normalized spacial score (nSPS) is 21.9. The number of aromatic nitrogens is 2. The lowest BCUT2D eigenvalue weighted by atomic mass is 9.83. The van der Waals surface area contributed by atoms with Crippen molar-refractivity contribution in [2.24, 2.45) is 11.7 Å². The van der Waals surface area contributed by atoms with Crippen molar-refractivity contribution < 1.29 is 19.1 Å². The van der Waals surface area contributed by atoms with Crippen LogP contribution >= 0.6 is 0 Å². The largest absolute Gasteiger partial charge is 0.376 e. The molecule has 28 heavy (non-hydrogen) atoms. The van der Waals surface area contributed by atoms with Crippen LogP contribution in [0.5, 0.6) is 0 Å². The lowest BCUT2D eigenvalue weighted by Gasteiger charge is -2.35. The van der Waals surface area contributed by atoms with E-state index in [-0.39, 0.29) is 36.4 Å². The molecule has 0 aromatic carbocycles. The van der Waals surface area contributed by atoms with Crippen molar-refractivity contribution in [1.29, 1.82) is 0 Å². The van der Waals surface area contributed by atoms with Crippen LogP contribution in [0.25, 0.3) is 0 Å². The maximum absolute atomic E-state index is 12.7. The average Bonchev–Trinajstić information content (AvgIpc) is 3.05. The number of aryl methyl sites for hydroxylation is 1. The first kappa shape index (κ1) is 21.9. The summed E-state index contributed by atoms with van der Waals surface area (Å²) in [5.41, 5.74) is 7.28. The first-order valence-electron chi connectivity index (χ1n) is 9.89. The van der Waals surface area contributed by atoms with Crippen LogP contribution in [0, 0.1) is 12.8 Å². The van der Waals surface area contributed by atoms with Gasteiger partial charge in [0.05, 0.1) is 18.7 Å². The fourth-order valence-electron chi connectivity index (χ4n) is 3.54. The van der Waals surface area contributed by atoms with E-state index in [0.29, 0.717) is 31.6 Å². The SMILES string of the molecule is CCCO[C@@H]1C[C@@H](C(=O)NCC(N)=O)CC[C@H]1NC(=O)c1n[nH]c(CC)c1C. The summed E-state index contributed by atoms with van der Waals surface area (Å²) in [6.07, 6.45) is 3.04. The number of nitrogens with zero attached hydrogens (tertiary/aromatic N) is 1. The van der Waals surface area contributed by atoms with E-state index in [9.17, 15) is 14.4 Å². The Kier molecular flexibility index (Phi) is 7.98. The molecule has 0 saturated heterocycles. The molecule has 5 N–H and O–H groups in total. The zero-order valence-electron chi connectivity index (χ0n) is 16.8. The molecule has 9 heteroatoms. The summed E-state index contributed by atoms with van der Waals surface area (Å²) < 4.78 is 5.93. The second-order valence-corrected chi connectivity index (χ2v) is 7.21. The summed E-state index contributed by atoms with van der Waals surface area (Å²) >= 11 is 0. The van der Waals surface area contributed by atoms with Crippen LogP contribution in [-0.4, -0.2) is 53.2 Å². The van der Waals surface area contributed by atoms with E-state index in [2.05, 4.69) is 20.8 Å². The number of amides is 3. The highest BCUT2D eigenvalue weighted by molar-refractivity contribution is 5.94. The first-order valence-corrected chi connectivity index (χ1v) is 9.89. The van der Waals surface area contributed by atoms with Crippen LogP contribution in [0.4, 0.5) is 0 Å². The molecule has 0 aliphatic heterocycles. The van der Waals surface area contributed by atoms with Gasteiger partial charge in [0.25, 0.3) is 5.91 Å². The van der Waals surface area contributed by atoms with Gasteiger partial charge in [-0.2, -0.15) is 5.10 Å². The molecule has 0 bridgehead atoms. The zero-order chi connectivity index (χ0) is 20.7. The summed E-state index contributed by atoms with van der Waals surface area (Å²) in [4.78, 5) is 35.9. The summed E-state index contributed by atoms with van der Waals surface area (Å²) in [5.74, 6) is -1.29. The van der Waals surface area contributed by atoms with Gasteiger partial charge < -0.3 is 21.1 Å². The topological polar surface area (TPSA) is 139 Å². The number of hydrogen-bond donors (Lipinski definition) is 4. The molecule has 1 heterocycles. The van der Waals surface area contributed by atoms with Crippen LogP contribution < -0.4 is 16.4 Å². The highest BCUT2D eigenvalue weighted by Crippen LogP contribution is 2.28. The third kappa shape index (κ3) is 5.54. The summed E-state index contributed by atoms with van der Waals surface area (Å²) in [5, 5.41) is 12.6. The number of nitrogens with two attached hydrogens (primary N) is 1. The lowest BCUT2D eigenvalue weighted by molar-refractivity contribution is -0.130. The fourth-order valence-corrected chi connectivity index (χ4v) is 3.54. The van der Waals surface area contributed by atoms with Crippen molar-refractivity contribution in [1.82, 2.24) is 20.8 Å². The standard InChI is InChI=1S/C19H31N5O4/c1-4-8-28-15-9-12(18(26)21-10-16(20)25)6-7-14(15)22-19(27)17-11(3)13(5-2)23-24-17/h12,14-15H,4-10H2,1-3H3,(H2,20,25)(H,21,26)(H,22,27)(H,23,24)/t12-,14+,15+/m0/s1. The van der Waals surface area contributed by atoms with E-state index in [0.717, 1.165) is 24.1 Å². The Morgan fingerprint density at radius 3 is 2.64 bits per heavy atom. The molecule has 0 spiro atoms. The molecule has 0 unspecified atom stereocenters. The van der Waals surface area contributed by atoms with Gasteiger partial charge in [0.2, 0.25) is 11.8 Å². The zero-order valence-corrected chi connectivity index (χ0v) is 16.8. The van der Waals surface area contributed by atoms with E-state index in [1.165, 1.54) is 0 Å². The Hall–Kier alpha value is -2.42. The molecule has 2 rings (SSSR count). The van der Waals surface area contributed by atoms with Gasteiger partial charge >= 0.3 is 0 Å². The Morgan fingerprint density at radius 2 is 2.04 bits per heavy atom. The van der Waals surface area contributed by atoms with Gasteiger partial charge in [-0.3, -0.25) is 19.5 Å². The van der Waals surface area contributed by atoms with E-state index in [1.807, 2.05) is 20.8 Å². The molecular weight excluding hydrogens is 362 g/mol. The quantitative estimate of drug-likeness (QED) is 0.486. The second-order valence-electron chi connectivity index (χ2n) is 7.21. The molecule has 1 saturated carbocycles. The van der Waals surface area contributed by atoms with Crippen LogP contribution in [-0.2, 0) is 20.7 Å².